The maximum absolute atomic E-state index is 13.0. The van der Waals surface area contributed by atoms with E-state index in [9.17, 15) is 9.59 Å². The molecule has 5 rings (SSSR count). The number of rotatable bonds is 6. The number of Topliss-reactive ketones (excluding diaryl/α,β-unsaturated/α-hetero) is 1. The molecule has 2 atom stereocenters. The number of fused-ring (bicyclic) bond motifs is 1. The van der Waals surface area contributed by atoms with Gasteiger partial charge in [-0.25, -0.2) is 0 Å². The van der Waals surface area contributed by atoms with E-state index in [1.807, 2.05) is 12.1 Å². The molecule has 0 bridgehead atoms. The third kappa shape index (κ3) is 4.50. The number of pyridine rings is 1. The first-order valence-electron chi connectivity index (χ1n) is 11.2. The number of carbonyl (C=O) groups is 2. The highest BCUT2D eigenvalue weighted by Crippen LogP contribution is 2.39. The molecule has 8 nitrogen and oxygen atoms in total. The highest BCUT2D eigenvalue weighted by molar-refractivity contribution is 7.99. The molecule has 1 amide bonds. The molecule has 2 aromatic heterocycles. The zero-order valence-corrected chi connectivity index (χ0v) is 19.2. The number of ether oxygens (including phenoxy) is 1. The largest absolute Gasteiger partial charge is 0.482 e. The molecule has 1 saturated carbocycles. The Morgan fingerprint density at radius 1 is 1.24 bits per heavy atom. The van der Waals surface area contributed by atoms with E-state index < -0.39 is 0 Å². The molecule has 1 aromatic carbocycles. The van der Waals surface area contributed by atoms with Crippen LogP contribution in [0.15, 0.2) is 47.9 Å². The number of anilines is 1. The van der Waals surface area contributed by atoms with Crippen molar-refractivity contribution in [2.75, 3.05) is 17.7 Å². The molecule has 170 valence electrons. The number of nitrogens with zero attached hydrogens (tertiary/aromatic N) is 4. The van der Waals surface area contributed by atoms with Crippen LogP contribution in [0.2, 0.25) is 0 Å². The molecular weight excluding hydrogens is 438 g/mol. The smallest absolute Gasteiger partial charge is 0.262 e. The lowest BCUT2D eigenvalue weighted by molar-refractivity contribution is -0.118. The topological polar surface area (TPSA) is 99.0 Å². The number of nitrogens with one attached hydrogen (secondary N) is 1. The third-order valence-corrected chi connectivity index (χ3v) is 7.19. The summed E-state index contributed by atoms with van der Waals surface area (Å²) in [6.45, 7) is 2.27. The van der Waals surface area contributed by atoms with Crippen LogP contribution in [-0.4, -0.2) is 43.8 Å². The summed E-state index contributed by atoms with van der Waals surface area (Å²) in [4.78, 5) is 28.8. The van der Waals surface area contributed by atoms with Gasteiger partial charge in [0.2, 0.25) is 0 Å². The number of hydrogen-bond donors (Lipinski definition) is 1. The highest BCUT2D eigenvalue weighted by atomic mass is 32.2. The van der Waals surface area contributed by atoms with Crippen molar-refractivity contribution in [3.63, 3.8) is 0 Å². The van der Waals surface area contributed by atoms with Crippen molar-refractivity contribution >= 4 is 29.1 Å². The molecule has 1 aliphatic carbocycles. The van der Waals surface area contributed by atoms with Crippen LogP contribution in [0.1, 0.15) is 49.0 Å². The molecule has 9 heteroatoms. The van der Waals surface area contributed by atoms with Crippen molar-refractivity contribution in [3.05, 3.63) is 48.3 Å². The van der Waals surface area contributed by atoms with Crippen molar-refractivity contribution in [1.29, 1.82) is 0 Å². The minimum atomic E-state index is -0.223. The summed E-state index contributed by atoms with van der Waals surface area (Å²) in [6.07, 6.45) is 8.19. The standard InChI is InChI=1S/C24H25N5O3S/c1-15-5-2-3-7-19(15)29-23(17-6-4-10-25-12-17)27-28-24(29)33-14-20(30)16-8-9-21-18(11-16)26-22(31)13-32-21/h4,6,8-12,15,19H,2-3,5,7,13-14H2,1H3,(H,26,31)/t15-,19+/m1/s1. The van der Waals surface area contributed by atoms with Crippen LogP contribution in [-0.2, 0) is 4.79 Å². The quantitative estimate of drug-likeness (QED) is 0.427. The fraction of sp³-hybridized carbons (Fsp3) is 0.375. The number of aromatic nitrogens is 4. The van der Waals surface area contributed by atoms with E-state index >= 15 is 0 Å². The lowest BCUT2D eigenvalue weighted by Gasteiger charge is -2.31. The predicted octanol–water partition coefficient (Wildman–Crippen LogP) is 4.40. The van der Waals surface area contributed by atoms with Gasteiger partial charge in [0, 0.05) is 29.6 Å². The number of thioether (sulfide) groups is 1. The summed E-state index contributed by atoms with van der Waals surface area (Å²) in [5, 5.41) is 12.5. The maximum Gasteiger partial charge on any atom is 0.262 e. The second-order valence-corrected chi connectivity index (χ2v) is 9.45. The van der Waals surface area contributed by atoms with Gasteiger partial charge in [0.15, 0.2) is 23.4 Å². The predicted molar refractivity (Wildman–Crippen MR) is 126 cm³/mol. The molecule has 0 spiro atoms. The zero-order valence-electron chi connectivity index (χ0n) is 18.4. The Labute approximate surface area is 196 Å². The Hall–Kier alpha value is -3.20. The molecular formula is C24H25N5O3S. The summed E-state index contributed by atoms with van der Waals surface area (Å²) < 4.78 is 7.59. The van der Waals surface area contributed by atoms with Gasteiger partial charge in [0.1, 0.15) is 5.75 Å². The van der Waals surface area contributed by atoms with E-state index in [1.54, 1.807) is 30.6 Å². The van der Waals surface area contributed by atoms with Gasteiger partial charge in [-0.3, -0.25) is 19.1 Å². The van der Waals surface area contributed by atoms with Crippen LogP contribution >= 0.6 is 11.8 Å². The Bertz CT molecular complexity index is 1180. The van der Waals surface area contributed by atoms with Gasteiger partial charge < -0.3 is 10.1 Å². The van der Waals surface area contributed by atoms with E-state index in [1.165, 1.54) is 31.0 Å². The average Bonchev–Trinajstić information content (AvgIpc) is 3.26. The average molecular weight is 464 g/mol. The normalized spacial score (nSPS) is 20.0. The van der Waals surface area contributed by atoms with Gasteiger partial charge in [-0.05, 0) is 49.1 Å². The second-order valence-electron chi connectivity index (χ2n) is 8.51. The number of amides is 1. The maximum atomic E-state index is 13.0. The molecule has 1 fully saturated rings. The Morgan fingerprint density at radius 2 is 2.12 bits per heavy atom. The van der Waals surface area contributed by atoms with Gasteiger partial charge in [-0.15, -0.1) is 10.2 Å². The van der Waals surface area contributed by atoms with E-state index in [0.717, 1.165) is 23.0 Å². The number of benzene rings is 1. The minimum absolute atomic E-state index is 0.00927. The summed E-state index contributed by atoms with van der Waals surface area (Å²) in [6, 6.07) is 9.30. The Balaban J connectivity index is 1.39. The zero-order chi connectivity index (χ0) is 22.8. The van der Waals surface area contributed by atoms with Crippen LogP contribution in [0, 0.1) is 5.92 Å². The van der Waals surface area contributed by atoms with E-state index in [4.69, 9.17) is 4.74 Å². The van der Waals surface area contributed by atoms with E-state index in [0.29, 0.717) is 22.9 Å². The second kappa shape index (κ2) is 9.35. The van der Waals surface area contributed by atoms with Crippen molar-refractivity contribution in [3.8, 4) is 17.1 Å². The number of hydrogen-bond acceptors (Lipinski definition) is 7. The molecule has 33 heavy (non-hydrogen) atoms. The summed E-state index contributed by atoms with van der Waals surface area (Å²) in [7, 11) is 0. The van der Waals surface area contributed by atoms with Crippen LogP contribution in [0.5, 0.6) is 5.75 Å². The molecule has 2 aliphatic rings. The van der Waals surface area contributed by atoms with Gasteiger partial charge in [-0.2, -0.15) is 0 Å². The Morgan fingerprint density at radius 3 is 2.94 bits per heavy atom. The molecule has 3 aromatic rings. The monoisotopic (exact) mass is 463 g/mol. The van der Waals surface area contributed by atoms with Gasteiger partial charge >= 0.3 is 0 Å². The highest BCUT2D eigenvalue weighted by Gasteiger charge is 2.29. The van der Waals surface area contributed by atoms with Crippen molar-refractivity contribution in [2.24, 2.45) is 5.92 Å². The fourth-order valence-corrected chi connectivity index (χ4v) is 5.40. The molecule has 3 heterocycles. The number of carbonyl (C=O) groups excluding carboxylic acids is 2. The first-order chi connectivity index (χ1) is 16.1. The molecule has 0 unspecified atom stereocenters. The number of ketones is 1. The molecule has 1 N–H and O–H groups in total. The van der Waals surface area contributed by atoms with Crippen LogP contribution in [0.25, 0.3) is 11.4 Å². The lowest BCUT2D eigenvalue weighted by atomic mass is 9.85. The van der Waals surface area contributed by atoms with Crippen LogP contribution in [0.4, 0.5) is 5.69 Å². The minimum Gasteiger partial charge on any atom is -0.482 e. The molecule has 0 radical (unpaired) electrons. The van der Waals surface area contributed by atoms with Gasteiger partial charge in [-0.1, -0.05) is 31.5 Å². The van der Waals surface area contributed by atoms with Crippen molar-refractivity contribution < 1.29 is 14.3 Å². The van der Waals surface area contributed by atoms with E-state index in [-0.39, 0.29) is 30.1 Å². The first kappa shape index (κ1) is 21.6. The van der Waals surface area contributed by atoms with Crippen LogP contribution < -0.4 is 10.1 Å². The van der Waals surface area contributed by atoms with Crippen molar-refractivity contribution in [2.45, 2.75) is 43.8 Å². The lowest BCUT2D eigenvalue weighted by Crippen LogP contribution is -2.25. The SMILES string of the molecule is C[C@@H]1CCCC[C@@H]1n1c(SCC(=O)c2ccc3c(c2)NC(=O)CO3)nnc1-c1cccnc1. The van der Waals surface area contributed by atoms with Crippen LogP contribution in [0.3, 0.4) is 0 Å². The van der Waals surface area contributed by atoms with Crippen molar-refractivity contribution in [1.82, 2.24) is 19.7 Å². The van der Waals surface area contributed by atoms with Gasteiger partial charge in [0.05, 0.1) is 11.4 Å². The van der Waals surface area contributed by atoms with E-state index in [2.05, 4.69) is 32.0 Å². The summed E-state index contributed by atoms with van der Waals surface area (Å²) in [5.74, 6) is 1.83. The third-order valence-electron chi connectivity index (χ3n) is 6.25. The first-order valence-corrected chi connectivity index (χ1v) is 12.2. The Kier molecular flexibility index (Phi) is 6.13. The molecule has 1 aliphatic heterocycles. The molecule has 0 saturated heterocycles. The van der Waals surface area contributed by atoms with Gasteiger partial charge in [0.25, 0.3) is 5.91 Å². The summed E-state index contributed by atoms with van der Waals surface area (Å²) >= 11 is 1.40. The summed E-state index contributed by atoms with van der Waals surface area (Å²) in [5.41, 5.74) is 1.98. The fourth-order valence-electron chi connectivity index (χ4n) is 4.52.